The van der Waals surface area contributed by atoms with Crippen LogP contribution in [0.1, 0.15) is 39.2 Å². The molecule has 27 heavy (non-hydrogen) atoms. The highest BCUT2D eigenvalue weighted by Crippen LogP contribution is 2.25. The lowest BCUT2D eigenvalue weighted by atomic mass is 10.1. The summed E-state index contributed by atoms with van der Waals surface area (Å²) in [4.78, 5) is 26.2. The Morgan fingerprint density at radius 2 is 2.11 bits per heavy atom. The second-order valence-electron chi connectivity index (χ2n) is 7.61. The third-order valence-corrected chi connectivity index (χ3v) is 4.24. The number of hydrogen-bond donors (Lipinski definition) is 1. The van der Waals surface area contributed by atoms with Gasteiger partial charge in [0.1, 0.15) is 24.0 Å². The lowest BCUT2D eigenvalue weighted by Crippen LogP contribution is -2.46. The van der Waals surface area contributed by atoms with Gasteiger partial charge < -0.3 is 9.47 Å². The van der Waals surface area contributed by atoms with Gasteiger partial charge in [0.25, 0.3) is 5.91 Å². The number of hydrogen-bond acceptors (Lipinski definition) is 5. The van der Waals surface area contributed by atoms with Gasteiger partial charge in [-0.15, -0.1) is 0 Å². The minimum atomic E-state index is -0.595. The Kier molecular flexibility index (Phi) is 5.48. The molecule has 1 fully saturated rings. The molecule has 0 bridgehead atoms. The predicted octanol–water partition coefficient (Wildman–Crippen LogP) is 2.96. The smallest absolute Gasteiger partial charge is 0.410 e. The molecular weight excluding hydrogens is 346 g/mol. The van der Waals surface area contributed by atoms with Crippen molar-refractivity contribution in [2.75, 3.05) is 13.2 Å². The molecule has 144 valence electrons. The first-order valence-corrected chi connectivity index (χ1v) is 9.08. The monoisotopic (exact) mass is 371 g/mol. The summed E-state index contributed by atoms with van der Waals surface area (Å²) in [7, 11) is 0. The highest BCUT2D eigenvalue weighted by atomic mass is 16.6. The molecule has 1 saturated heterocycles. The number of likely N-dealkylation sites (tertiary alicyclic amines) is 1. The van der Waals surface area contributed by atoms with Crippen LogP contribution >= 0.6 is 0 Å². The minimum Gasteiger partial charge on any atom is -0.488 e. The van der Waals surface area contributed by atoms with E-state index in [-0.39, 0.29) is 5.91 Å². The molecule has 1 aromatic carbocycles. The van der Waals surface area contributed by atoms with E-state index in [0.29, 0.717) is 19.6 Å². The van der Waals surface area contributed by atoms with Gasteiger partial charge in [-0.05, 0) is 45.8 Å². The van der Waals surface area contributed by atoms with Crippen LogP contribution in [0.4, 0.5) is 4.79 Å². The molecule has 2 amide bonds. The van der Waals surface area contributed by atoms with Crippen LogP contribution in [0.2, 0.25) is 0 Å². The van der Waals surface area contributed by atoms with Crippen molar-refractivity contribution in [2.45, 2.75) is 45.3 Å². The molecular formula is C20H25N3O4. The molecule has 0 unspecified atom stereocenters. The highest BCUT2D eigenvalue weighted by molar-refractivity contribution is 5.90. The fraction of sp³-hybridized carbons (Fsp3) is 0.450. The van der Waals surface area contributed by atoms with Gasteiger partial charge in [-0.1, -0.05) is 18.2 Å². The quantitative estimate of drug-likeness (QED) is 0.654. The van der Waals surface area contributed by atoms with E-state index in [1.54, 1.807) is 27.0 Å². The summed E-state index contributed by atoms with van der Waals surface area (Å²) in [6.45, 7) is 6.31. The van der Waals surface area contributed by atoms with E-state index in [1.807, 2.05) is 30.3 Å². The van der Waals surface area contributed by atoms with Gasteiger partial charge in [-0.2, -0.15) is 5.10 Å². The number of benzene rings is 1. The van der Waals surface area contributed by atoms with Crippen molar-refractivity contribution in [3.8, 4) is 5.75 Å². The minimum absolute atomic E-state index is 0.313. The lowest BCUT2D eigenvalue weighted by molar-refractivity contribution is -0.125. The van der Waals surface area contributed by atoms with Crippen LogP contribution in [0, 0.1) is 0 Å². The van der Waals surface area contributed by atoms with Crippen molar-refractivity contribution in [3.05, 3.63) is 35.4 Å². The summed E-state index contributed by atoms with van der Waals surface area (Å²) in [6.07, 6.45) is 4.43. The molecule has 7 heteroatoms. The lowest BCUT2D eigenvalue weighted by Gasteiger charge is -2.27. The molecule has 7 nitrogen and oxygen atoms in total. The summed E-state index contributed by atoms with van der Waals surface area (Å²) in [6, 6.07) is 7.16. The SMILES string of the molecule is CC(C)(C)OC(=O)N1CCC[C@H]1C(=O)N/N=C\C1=Cc2ccccc2OC1. The zero-order valence-corrected chi connectivity index (χ0v) is 15.9. The largest absolute Gasteiger partial charge is 0.488 e. The Morgan fingerprint density at radius 3 is 2.89 bits per heavy atom. The van der Waals surface area contributed by atoms with E-state index < -0.39 is 17.7 Å². The van der Waals surface area contributed by atoms with Gasteiger partial charge in [0.2, 0.25) is 0 Å². The number of amides is 2. The topological polar surface area (TPSA) is 80.2 Å². The first kappa shape index (κ1) is 18.9. The van der Waals surface area contributed by atoms with Crippen LogP contribution in [0.15, 0.2) is 34.9 Å². The standard InChI is InChI=1S/C20H25N3O4/c1-20(2,3)27-19(25)23-10-6-8-16(23)18(24)22-21-12-14-11-15-7-4-5-9-17(15)26-13-14/h4-5,7,9,11-12,16H,6,8,10,13H2,1-3H3,(H,22,24)/b21-12-/t16-/m0/s1. The molecule has 0 aliphatic carbocycles. The van der Waals surface area contributed by atoms with Crippen molar-refractivity contribution in [1.29, 1.82) is 0 Å². The first-order chi connectivity index (χ1) is 12.8. The molecule has 0 radical (unpaired) electrons. The summed E-state index contributed by atoms with van der Waals surface area (Å²) in [5, 5.41) is 4.03. The number of ether oxygens (including phenoxy) is 2. The average Bonchev–Trinajstić information content (AvgIpc) is 3.10. The Balaban J connectivity index is 1.58. The van der Waals surface area contributed by atoms with E-state index >= 15 is 0 Å². The van der Waals surface area contributed by atoms with Crippen molar-refractivity contribution in [3.63, 3.8) is 0 Å². The second-order valence-corrected chi connectivity index (χ2v) is 7.61. The normalized spacial score (nSPS) is 19.3. The van der Waals surface area contributed by atoms with Crippen molar-refractivity contribution in [1.82, 2.24) is 10.3 Å². The molecule has 2 aliphatic heterocycles. The summed E-state index contributed by atoms with van der Waals surface area (Å²) in [5.74, 6) is 0.519. The van der Waals surface area contributed by atoms with Crippen LogP contribution in [-0.2, 0) is 9.53 Å². The molecule has 1 aromatic rings. The van der Waals surface area contributed by atoms with Crippen LogP contribution in [-0.4, -0.2) is 47.9 Å². The molecule has 0 saturated carbocycles. The zero-order chi connectivity index (χ0) is 19.4. The third-order valence-electron chi connectivity index (χ3n) is 4.24. The summed E-state index contributed by atoms with van der Waals surface area (Å²) < 4.78 is 11.0. The maximum atomic E-state index is 12.4. The highest BCUT2D eigenvalue weighted by Gasteiger charge is 2.36. The predicted molar refractivity (Wildman–Crippen MR) is 103 cm³/mol. The molecule has 1 N–H and O–H groups in total. The van der Waals surface area contributed by atoms with Crippen LogP contribution in [0.3, 0.4) is 0 Å². The van der Waals surface area contributed by atoms with Crippen LogP contribution < -0.4 is 10.2 Å². The molecule has 2 heterocycles. The van der Waals surface area contributed by atoms with E-state index in [0.717, 1.165) is 23.3 Å². The Morgan fingerprint density at radius 1 is 1.33 bits per heavy atom. The fourth-order valence-electron chi connectivity index (χ4n) is 3.04. The summed E-state index contributed by atoms with van der Waals surface area (Å²) in [5.41, 5.74) is 3.76. The number of hydrazone groups is 1. The maximum absolute atomic E-state index is 12.4. The third kappa shape index (κ3) is 4.87. The number of nitrogens with zero attached hydrogens (tertiary/aromatic N) is 2. The van der Waals surface area contributed by atoms with Gasteiger partial charge in [0.05, 0.1) is 6.21 Å². The van der Waals surface area contributed by atoms with Crippen molar-refractivity contribution < 1.29 is 19.1 Å². The number of carbonyl (C=O) groups is 2. The van der Waals surface area contributed by atoms with E-state index in [9.17, 15) is 9.59 Å². The van der Waals surface area contributed by atoms with Gasteiger partial charge in [0, 0.05) is 17.7 Å². The van der Waals surface area contributed by atoms with Crippen LogP contribution in [0.25, 0.3) is 6.08 Å². The molecule has 0 spiro atoms. The van der Waals surface area contributed by atoms with Crippen molar-refractivity contribution in [2.24, 2.45) is 5.10 Å². The molecule has 1 atom stereocenters. The fourth-order valence-corrected chi connectivity index (χ4v) is 3.04. The van der Waals surface area contributed by atoms with E-state index in [2.05, 4.69) is 10.5 Å². The van der Waals surface area contributed by atoms with Gasteiger partial charge in [-0.25, -0.2) is 10.2 Å². The van der Waals surface area contributed by atoms with Gasteiger partial charge in [-0.3, -0.25) is 9.69 Å². The number of rotatable bonds is 3. The van der Waals surface area contributed by atoms with Gasteiger partial charge >= 0.3 is 6.09 Å². The average molecular weight is 371 g/mol. The van der Waals surface area contributed by atoms with E-state index in [1.165, 1.54) is 4.90 Å². The van der Waals surface area contributed by atoms with Crippen molar-refractivity contribution >= 4 is 24.3 Å². The molecule has 2 aliphatic rings. The zero-order valence-electron chi connectivity index (χ0n) is 15.9. The number of fused-ring (bicyclic) bond motifs is 1. The van der Waals surface area contributed by atoms with Gasteiger partial charge in [0.15, 0.2) is 0 Å². The number of nitrogens with one attached hydrogen (secondary N) is 1. The molecule has 3 rings (SSSR count). The van der Waals surface area contributed by atoms with Crippen LogP contribution in [0.5, 0.6) is 5.75 Å². The molecule has 0 aromatic heterocycles. The second kappa shape index (κ2) is 7.82. The first-order valence-electron chi connectivity index (χ1n) is 9.08. The number of para-hydroxylation sites is 1. The maximum Gasteiger partial charge on any atom is 0.410 e. The van der Waals surface area contributed by atoms with E-state index in [4.69, 9.17) is 9.47 Å². The Labute approximate surface area is 159 Å². The Hall–Kier alpha value is -2.83. The number of carbonyl (C=O) groups excluding carboxylic acids is 2. The summed E-state index contributed by atoms with van der Waals surface area (Å²) >= 11 is 0. The Bertz CT molecular complexity index is 780.